The quantitative estimate of drug-likeness (QED) is 0.501. The van der Waals surface area contributed by atoms with Gasteiger partial charge in [-0.25, -0.2) is 0 Å². The Labute approximate surface area is 138 Å². The second kappa shape index (κ2) is 5.36. The summed E-state index contributed by atoms with van der Waals surface area (Å²) in [7, 11) is 0. The predicted octanol–water partition coefficient (Wildman–Crippen LogP) is 4.73. The zero-order chi connectivity index (χ0) is 16.0. The maximum absolute atomic E-state index is 12.9. The standard InChI is InChI=1S/C20H14O2S/c1-2-23-14-7-8-15-18(11-14)20(22)17-10-13-6-4-3-5-12(13)9-16(17)19(15)21/h3-11H,2H2,1H3. The lowest BCUT2D eigenvalue weighted by Gasteiger charge is -2.19. The summed E-state index contributed by atoms with van der Waals surface area (Å²) in [5.41, 5.74) is 2.06. The van der Waals surface area contributed by atoms with Crippen molar-refractivity contribution in [2.75, 3.05) is 5.75 Å². The summed E-state index contributed by atoms with van der Waals surface area (Å²) in [6.07, 6.45) is 0. The third-order valence-electron chi connectivity index (χ3n) is 4.17. The highest BCUT2D eigenvalue weighted by molar-refractivity contribution is 7.99. The number of ketones is 2. The predicted molar refractivity (Wildman–Crippen MR) is 93.7 cm³/mol. The van der Waals surface area contributed by atoms with Gasteiger partial charge in [0.05, 0.1) is 0 Å². The van der Waals surface area contributed by atoms with Crippen LogP contribution in [0.25, 0.3) is 10.8 Å². The van der Waals surface area contributed by atoms with Crippen LogP contribution in [0.1, 0.15) is 38.8 Å². The lowest BCUT2D eigenvalue weighted by atomic mass is 9.83. The maximum atomic E-state index is 12.9. The van der Waals surface area contributed by atoms with E-state index in [2.05, 4.69) is 6.92 Å². The summed E-state index contributed by atoms with van der Waals surface area (Å²) in [6, 6.07) is 17.0. The van der Waals surface area contributed by atoms with Crippen LogP contribution >= 0.6 is 11.8 Å². The number of carbonyl (C=O) groups is 2. The van der Waals surface area contributed by atoms with Crippen molar-refractivity contribution in [3.63, 3.8) is 0 Å². The lowest BCUT2D eigenvalue weighted by Crippen LogP contribution is -2.20. The molecule has 0 saturated heterocycles. The molecule has 0 fully saturated rings. The molecule has 0 atom stereocenters. The fourth-order valence-corrected chi connectivity index (χ4v) is 3.77. The van der Waals surface area contributed by atoms with Gasteiger partial charge in [-0.2, -0.15) is 0 Å². The fourth-order valence-electron chi connectivity index (χ4n) is 3.07. The van der Waals surface area contributed by atoms with Crippen molar-refractivity contribution in [3.05, 3.63) is 76.9 Å². The van der Waals surface area contributed by atoms with E-state index in [1.165, 1.54) is 0 Å². The Morgan fingerprint density at radius 1 is 0.739 bits per heavy atom. The van der Waals surface area contributed by atoms with Gasteiger partial charge in [-0.1, -0.05) is 31.2 Å². The molecule has 0 aromatic heterocycles. The molecule has 2 nitrogen and oxygen atoms in total. The number of benzene rings is 3. The van der Waals surface area contributed by atoms with Crippen molar-refractivity contribution in [1.82, 2.24) is 0 Å². The third-order valence-corrected chi connectivity index (χ3v) is 5.04. The molecular weight excluding hydrogens is 304 g/mol. The Morgan fingerprint density at radius 2 is 1.30 bits per heavy atom. The van der Waals surface area contributed by atoms with E-state index in [0.717, 1.165) is 21.4 Å². The monoisotopic (exact) mass is 318 g/mol. The first-order chi connectivity index (χ1) is 11.2. The van der Waals surface area contributed by atoms with Gasteiger partial charge in [0, 0.05) is 27.1 Å². The molecule has 4 rings (SSSR count). The van der Waals surface area contributed by atoms with E-state index < -0.39 is 0 Å². The van der Waals surface area contributed by atoms with Gasteiger partial charge >= 0.3 is 0 Å². The molecule has 3 aromatic rings. The minimum Gasteiger partial charge on any atom is -0.289 e. The van der Waals surface area contributed by atoms with E-state index in [9.17, 15) is 9.59 Å². The van der Waals surface area contributed by atoms with Gasteiger partial charge in [0.1, 0.15) is 0 Å². The van der Waals surface area contributed by atoms with Crippen molar-refractivity contribution in [2.45, 2.75) is 11.8 Å². The highest BCUT2D eigenvalue weighted by Gasteiger charge is 2.30. The molecule has 3 heteroatoms. The topological polar surface area (TPSA) is 34.1 Å². The normalized spacial score (nSPS) is 13.1. The molecule has 23 heavy (non-hydrogen) atoms. The minimum atomic E-state index is -0.0617. The van der Waals surface area contributed by atoms with Crippen LogP contribution in [-0.2, 0) is 0 Å². The van der Waals surface area contributed by atoms with E-state index >= 15 is 0 Å². The second-order valence-corrected chi connectivity index (χ2v) is 6.88. The van der Waals surface area contributed by atoms with Crippen LogP contribution in [-0.4, -0.2) is 17.3 Å². The van der Waals surface area contributed by atoms with Crippen molar-refractivity contribution in [1.29, 1.82) is 0 Å². The van der Waals surface area contributed by atoms with Crippen LogP contribution in [0, 0.1) is 0 Å². The van der Waals surface area contributed by atoms with Crippen molar-refractivity contribution >= 4 is 34.1 Å². The number of thioether (sulfide) groups is 1. The van der Waals surface area contributed by atoms with Crippen LogP contribution in [0.5, 0.6) is 0 Å². The van der Waals surface area contributed by atoms with Crippen LogP contribution < -0.4 is 0 Å². The number of rotatable bonds is 2. The summed E-state index contributed by atoms with van der Waals surface area (Å²) < 4.78 is 0. The SMILES string of the molecule is CCSc1ccc2c(c1)C(=O)c1cc3ccccc3cc1C2=O. The summed E-state index contributed by atoms with van der Waals surface area (Å²) in [4.78, 5) is 26.7. The highest BCUT2D eigenvalue weighted by atomic mass is 32.2. The van der Waals surface area contributed by atoms with Crippen LogP contribution in [0.4, 0.5) is 0 Å². The zero-order valence-corrected chi connectivity index (χ0v) is 13.4. The maximum Gasteiger partial charge on any atom is 0.194 e. The molecule has 0 spiro atoms. The average molecular weight is 318 g/mol. The molecule has 0 amide bonds. The Bertz CT molecular complexity index is 973. The molecule has 0 bridgehead atoms. The number of hydrogen-bond acceptors (Lipinski definition) is 3. The molecule has 3 aromatic carbocycles. The van der Waals surface area contributed by atoms with Gasteiger partial charge in [0.15, 0.2) is 11.6 Å². The van der Waals surface area contributed by atoms with Crippen molar-refractivity contribution in [2.24, 2.45) is 0 Å². The number of carbonyl (C=O) groups excluding carboxylic acids is 2. The smallest absolute Gasteiger partial charge is 0.194 e. The summed E-state index contributed by atoms with van der Waals surface area (Å²) in [6.45, 7) is 2.07. The molecule has 1 aliphatic carbocycles. The average Bonchev–Trinajstić information content (AvgIpc) is 2.58. The van der Waals surface area contributed by atoms with Gasteiger partial charge < -0.3 is 0 Å². The molecule has 1 aliphatic rings. The van der Waals surface area contributed by atoms with Crippen LogP contribution in [0.3, 0.4) is 0 Å². The van der Waals surface area contributed by atoms with Crippen molar-refractivity contribution in [3.8, 4) is 0 Å². The first kappa shape index (κ1) is 14.2. The Balaban J connectivity index is 1.94. The minimum absolute atomic E-state index is 0.0566. The van der Waals surface area contributed by atoms with Gasteiger partial charge in [0.2, 0.25) is 0 Å². The Morgan fingerprint density at radius 3 is 1.91 bits per heavy atom. The molecule has 0 saturated carbocycles. The second-order valence-electron chi connectivity index (χ2n) is 5.54. The van der Waals surface area contributed by atoms with E-state index in [0.29, 0.717) is 22.3 Å². The largest absolute Gasteiger partial charge is 0.289 e. The molecule has 112 valence electrons. The third kappa shape index (κ3) is 2.20. The van der Waals surface area contributed by atoms with Crippen LogP contribution in [0.15, 0.2) is 59.5 Å². The first-order valence-electron chi connectivity index (χ1n) is 7.58. The molecule has 0 heterocycles. The van der Waals surface area contributed by atoms with Crippen molar-refractivity contribution < 1.29 is 9.59 Å². The summed E-state index contributed by atoms with van der Waals surface area (Å²) in [5.74, 6) is 0.814. The lowest BCUT2D eigenvalue weighted by molar-refractivity contribution is 0.0979. The van der Waals surface area contributed by atoms with E-state index in [1.54, 1.807) is 17.8 Å². The van der Waals surface area contributed by atoms with E-state index in [4.69, 9.17) is 0 Å². The molecular formula is C20H14O2S. The first-order valence-corrected chi connectivity index (χ1v) is 8.56. The Hall–Kier alpha value is -2.39. The van der Waals surface area contributed by atoms with Gasteiger partial charge in [0.25, 0.3) is 0 Å². The van der Waals surface area contributed by atoms with Gasteiger partial charge in [-0.3, -0.25) is 9.59 Å². The molecule has 0 unspecified atom stereocenters. The van der Waals surface area contributed by atoms with Crippen LogP contribution in [0.2, 0.25) is 0 Å². The fraction of sp³-hybridized carbons (Fsp3) is 0.100. The molecule has 0 N–H and O–H groups in total. The zero-order valence-electron chi connectivity index (χ0n) is 12.6. The van der Waals surface area contributed by atoms with Gasteiger partial charge in [-0.15, -0.1) is 11.8 Å². The summed E-state index contributed by atoms with van der Waals surface area (Å²) in [5, 5.41) is 1.96. The molecule has 0 aliphatic heterocycles. The van der Waals surface area contributed by atoms with E-state index in [-0.39, 0.29) is 11.6 Å². The van der Waals surface area contributed by atoms with E-state index in [1.807, 2.05) is 48.5 Å². The Kier molecular flexibility index (Phi) is 3.31. The highest BCUT2D eigenvalue weighted by Crippen LogP contribution is 2.32. The molecule has 0 radical (unpaired) electrons. The number of hydrogen-bond donors (Lipinski definition) is 0. The number of fused-ring (bicyclic) bond motifs is 3. The summed E-state index contributed by atoms with van der Waals surface area (Å²) >= 11 is 1.67. The van der Waals surface area contributed by atoms with Gasteiger partial charge in [-0.05, 0) is 46.9 Å².